The van der Waals surface area contributed by atoms with Gasteiger partial charge in [-0.2, -0.15) is 0 Å². The van der Waals surface area contributed by atoms with E-state index in [1.54, 1.807) is 18.3 Å². The van der Waals surface area contributed by atoms with Crippen LogP contribution in [0.2, 0.25) is 0 Å². The minimum Gasteiger partial charge on any atom is -0.453 e. The Hall–Kier alpha value is -1.95. The van der Waals surface area contributed by atoms with E-state index in [0.29, 0.717) is 6.42 Å². The lowest BCUT2D eigenvalue weighted by molar-refractivity contribution is -0.154. The van der Waals surface area contributed by atoms with E-state index in [2.05, 4.69) is 10.3 Å². The zero-order chi connectivity index (χ0) is 15.5. The van der Waals surface area contributed by atoms with Gasteiger partial charge in [-0.1, -0.05) is 12.1 Å². The molecule has 0 saturated heterocycles. The molecular weight excluding hydrogens is 300 g/mol. The number of carbonyl (C=O) groups is 2. The van der Waals surface area contributed by atoms with Crippen LogP contribution in [0.3, 0.4) is 0 Å². The quantitative estimate of drug-likeness (QED) is 0.831. The molecule has 1 atom stereocenters. The van der Waals surface area contributed by atoms with E-state index in [1.807, 2.05) is 24.3 Å². The molecule has 0 spiro atoms. The van der Waals surface area contributed by atoms with Crippen molar-refractivity contribution in [3.05, 3.63) is 29.3 Å². The first-order valence-corrected chi connectivity index (χ1v) is 8.28. The number of ether oxygens (including phenoxy) is 1. The number of amides is 1. The number of rotatable bonds is 6. The minimum absolute atomic E-state index is 0.212. The van der Waals surface area contributed by atoms with Crippen molar-refractivity contribution in [1.82, 2.24) is 10.3 Å². The van der Waals surface area contributed by atoms with E-state index in [-0.39, 0.29) is 24.3 Å². The van der Waals surface area contributed by atoms with Crippen molar-refractivity contribution in [1.29, 1.82) is 0 Å². The summed E-state index contributed by atoms with van der Waals surface area (Å²) in [4.78, 5) is 28.0. The van der Waals surface area contributed by atoms with Crippen molar-refractivity contribution < 1.29 is 14.3 Å². The maximum atomic E-state index is 11.8. The van der Waals surface area contributed by atoms with Crippen LogP contribution in [0.1, 0.15) is 31.2 Å². The lowest BCUT2D eigenvalue weighted by Gasteiger charge is -2.12. The fourth-order valence-electron chi connectivity index (χ4n) is 2.09. The second-order valence-corrected chi connectivity index (χ2v) is 6.61. The van der Waals surface area contributed by atoms with E-state index in [0.717, 1.165) is 28.1 Å². The van der Waals surface area contributed by atoms with Gasteiger partial charge in [0.25, 0.3) is 5.91 Å². The van der Waals surface area contributed by atoms with Gasteiger partial charge in [0, 0.05) is 12.5 Å². The van der Waals surface area contributed by atoms with Crippen LogP contribution in [0.15, 0.2) is 24.3 Å². The van der Waals surface area contributed by atoms with Gasteiger partial charge in [0.05, 0.1) is 21.6 Å². The molecule has 116 valence electrons. The average Bonchev–Trinajstić information content (AvgIpc) is 3.21. The molecule has 1 aliphatic rings. The van der Waals surface area contributed by atoms with E-state index >= 15 is 0 Å². The third-order valence-electron chi connectivity index (χ3n) is 3.48. The van der Waals surface area contributed by atoms with Crippen LogP contribution in [-0.4, -0.2) is 29.0 Å². The summed E-state index contributed by atoms with van der Waals surface area (Å²) in [6.45, 7) is 1.60. The Morgan fingerprint density at radius 2 is 2.18 bits per heavy atom. The number of thiazole rings is 1. The highest BCUT2D eigenvalue weighted by atomic mass is 32.1. The molecule has 1 aromatic carbocycles. The molecule has 1 saturated carbocycles. The number of aromatic nitrogens is 1. The van der Waals surface area contributed by atoms with Crippen molar-refractivity contribution in [3.8, 4) is 0 Å². The summed E-state index contributed by atoms with van der Waals surface area (Å²) in [5.41, 5.74) is 0.952. The Labute approximate surface area is 132 Å². The number of para-hydroxylation sites is 1. The molecule has 6 heteroatoms. The average molecular weight is 318 g/mol. The number of esters is 1. The zero-order valence-corrected chi connectivity index (χ0v) is 13.2. The molecule has 1 aliphatic carbocycles. The van der Waals surface area contributed by atoms with Crippen LogP contribution in [0.5, 0.6) is 0 Å². The second-order valence-electron chi connectivity index (χ2n) is 5.49. The Morgan fingerprint density at radius 1 is 1.41 bits per heavy atom. The molecule has 2 aromatic rings. The molecule has 1 fully saturated rings. The number of hydrogen-bond acceptors (Lipinski definition) is 5. The molecule has 1 N–H and O–H groups in total. The number of fused-ring (bicyclic) bond motifs is 1. The van der Waals surface area contributed by atoms with Gasteiger partial charge in [0.2, 0.25) is 0 Å². The first kappa shape index (κ1) is 15.0. The molecule has 22 heavy (non-hydrogen) atoms. The highest BCUT2D eigenvalue weighted by Crippen LogP contribution is 2.22. The SMILES string of the molecule is C[C@@H](OC(=O)CCc1nc2ccccc2s1)C(=O)NC1CC1. The highest BCUT2D eigenvalue weighted by Gasteiger charge is 2.27. The van der Waals surface area contributed by atoms with Gasteiger partial charge in [-0.05, 0) is 31.9 Å². The molecule has 0 unspecified atom stereocenters. The Kier molecular flexibility index (Phi) is 4.38. The summed E-state index contributed by atoms with van der Waals surface area (Å²) in [5.74, 6) is -0.575. The molecule has 0 bridgehead atoms. The zero-order valence-electron chi connectivity index (χ0n) is 12.4. The van der Waals surface area contributed by atoms with Gasteiger partial charge in [-0.3, -0.25) is 9.59 Å². The van der Waals surface area contributed by atoms with Gasteiger partial charge in [0.15, 0.2) is 6.10 Å². The van der Waals surface area contributed by atoms with Crippen molar-refractivity contribution in [2.24, 2.45) is 0 Å². The number of carbonyl (C=O) groups excluding carboxylic acids is 2. The molecule has 5 nitrogen and oxygen atoms in total. The Bertz CT molecular complexity index is 661. The number of nitrogens with one attached hydrogen (secondary N) is 1. The van der Waals surface area contributed by atoms with Gasteiger partial charge in [-0.25, -0.2) is 4.98 Å². The third kappa shape index (κ3) is 3.82. The van der Waals surface area contributed by atoms with Crippen LogP contribution < -0.4 is 5.32 Å². The number of benzene rings is 1. The maximum absolute atomic E-state index is 11.8. The van der Waals surface area contributed by atoms with E-state index in [1.165, 1.54) is 0 Å². The summed E-state index contributed by atoms with van der Waals surface area (Å²) in [6.07, 6.45) is 2.08. The normalized spacial score (nSPS) is 15.5. The second kappa shape index (κ2) is 6.44. The third-order valence-corrected chi connectivity index (χ3v) is 4.58. The van der Waals surface area contributed by atoms with E-state index < -0.39 is 6.10 Å². The summed E-state index contributed by atoms with van der Waals surface area (Å²) in [5, 5.41) is 3.73. The standard InChI is InChI=1S/C16H18N2O3S/c1-10(16(20)17-11-6-7-11)21-15(19)9-8-14-18-12-4-2-3-5-13(12)22-14/h2-5,10-11H,6-9H2,1H3,(H,17,20)/t10-/m1/s1. The predicted octanol–water partition coefficient (Wildman–Crippen LogP) is 2.44. The van der Waals surface area contributed by atoms with Gasteiger partial charge < -0.3 is 10.1 Å². The summed E-state index contributed by atoms with van der Waals surface area (Å²) >= 11 is 1.58. The van der Waals surface area contributed by atoms with E-state index in [4.69, 9.17) is 4.74 Å². The maximum Gasteiger partial charge on any atom is 0.306 e. The largest absolute Gasteiger partial charge is 0.453 e. The van der Waals surface area contributed by atoms with Crippen LogP contribution in [0.25, 0.3) is 10.2 Å². The fourth-order valence-corrected chi connectivity index (χ4v) is 3.06. The van der Waals surface area contributed by atoms with Crippen LogP contribution in [-0.2, 0) is 20.7 Å². The minimum atomic E-state index is -0.733. The molecular formula is C16H18N2O3S. The van der Waals surface area contributed by atoms with Gasteiger partial charge >= 0.3 is 5.97 Å². The Morgan fingerprint density at radius 3 is 2.91 bits per heavy atom. The predicted molar refractivity (Wildman–Crippen MR) is 84.7 cm³/mol. The first-order valence-electron chi connectivity index (χ1n) is 7.46. The van der Waals surface area contributed by atoms with Crippen LogP contribution >= 0.6 is 11.3 Å². The monoisotopic (exact) mass is 318 g/mol. The van der Waals surface area contributed by atoms with Gasteiger partial charge in [-0.15, -0.1) is 11.3 Å². The molecule has 0 aliphatic heterocycles. The molecule has 0 radical (unpaired) electrons. The summed E-state index contributed by atoms with van der Waals surface area (Å²) < 4.78 is 6.28. The lowest BCUT2D eigenvalue weighted by Crippen LogP contribution is -2.37. The first-order chi connectivity index (χ1) is 10.6. The molecule has 1 amide bonds. The van der Waals surface area contributed by atoms with Crippen molar-refractivity contribution in [2.75, 3.05) is 0 Å². The highest BCUT2D eigenvalue weighted by molar-refractivity contribution is 7.18. The molecule has 3 rings (SSSR count). The Balaban J connectivity index is 1.47. The lowest BCUT2D eigenvalue weighted by atomic mass is 10.3. The number of nitrogens with zero attached hydrogens (tertiary/aromatic N) is 1. The van der Waals surface area contributed by atoms with Crippen molar-refractivity contribution >= 4 is 33.4 Å². The molecule has 1 aromatic heterocycles. The van der Waals surface area contributed by atoms with Crippen molar-refractivity contribution in [3.63, 3.8) is 0 Å². The topological polar surface area (TPSA) is 68.3 Å². The van der Waals surface area contributed by atoms with Gasteiger partial charge in [0.1, 0.15) is 0 Å². The summed E-state index contributed by atoms with van der Waals surface area (Å²) in [7, 11) is 0. The fraction of sp³-hybridized carbons (Fsp3) is 0.438. The van der Waals surface area contributed by atoms with Crippen LogP contribution in [0, 0.1) is 0 Å². The number of aryl methyl sites for hydroxylation is 1. The van der Waals surface area contributed by atoms with Crippen molar-refractivity contribution in [2.45, 2.75) is 44.8 Å². The van der Waals surface area contributed by atoms with Crippen LogP contribution in [0.4, 0.5) is 0 Å². The number of hydrogen-bond donors (Lipinski definition) is 1. The van der Waals surface area contributed by atoms with E-state index in [9.17, 15) is 9.59 Å². The summed E-state index contributed by atoms with van der Waals surface area (Å²) in [6, 6.07) is 8.16. The smallest absolute Gasteiger partial charge is 0.306 e. The molecule has 1 heterocycles.